The van der Waals surface area contributed by atoms with Crippen molar-refractivity contribution in [3.8, 4) is 0 Å². The van der Waals surface area contributed by atoms with Gasteiger partial charge in [-0.05, 0) is 27.7 Å². The van der Waals surface area contributed by atoms with Crippen molar-refractivity contribution in [1.29, 1.82) is 0 Å². The zero-order chi connectivity index (χ0) is 12.1. The number of carbonyl (C=O) groups is 2. The molecule has 0 unspecified atom stereocenters. The molecular formula is C10H19NO4. The minimum Gasteiger partial charge on any atom is -0.444 e. The molecular weight excluding hydrogens is 198 g/mol. The number of hydrogen-bond donors (Lipinski definition) is 1. The predicted molar refractivity (Wildman–Crippen MR) is 55.7 cm³/mol. The predicted octanol–water partition coefficient (Wildman–Crippen LogP) is 1.12. The summed E-state index contributed by atoms with van der Waals surface area (Å²) in [5.74, 6) is -0.164. The van der Waals surface area contributed by atoms with Crippen LogP contribution >= 0.6 is 0 Å². The maximum absolute atomic E-state index is 11.3. The fourth-order valence-corrected chi connectivity index (χ4v) is 0.877. The summed E-state index contributed by atoms with van der Waals surface area (Å²) in [7, 11) is 1.46. The van der Waals surface area contributed by atoms with Gasteiger partial charge in [0.1, 0.15) is 11.6 Å². The van der Waals surface area contributed by atoms with E-state index in [0.29, 0.717) is 0 Å². The highest BCUT2D eigenvalue weighted by atomic mass is 16.6. The van der Waals surface area contributed by atoms with Gasteiger partial charge in [0, 0.05) is 7.11 Å². The van der Waals surface area contributed by atoms with Crippen LogP contribution in [0.5, 0.6) is 0 Å². The lowest BCUT2D eigenvalue weighted by Crippen LogP contribution is -2.45. The van der Waals surface area contributed by atoms with E-state index in [4.69, 9.17) is 9.47 Å². The summed E-state index contributed by atoms with van der Waals surface area (Å²) in [6.07, 6.45) is -0.611. The second kappa shape index (κ2) is 5.70. The minimum absolute atomic E-state index is 0.147. The fourth-order valence-electron chi connectivity index (χ4n) is 0.877. The lowest BCUT2D eigenvalue weighted by atomic mass is 10.2. The summed E-state index contributed by atoms with van der Waals surface area (Å²) in [6.45, 7) is 6.80. The van der Waals surface area contributed by atoms with Crippen molar-refractivity contribution in [3.05, 3.63) is 0 Å². The van der Waals surface area contributed by atoms with Gasteiger partial charge in [-0.1, -0.05) is 0 Å². The van der Waals surface area contributed by atoms with Crippen molar-refractivity contribution in [1.82, 2.24) is 5.32 Å². The number of alkyl carbamates (subject to hydrolysis) is 1. The van der Waals surface area contributed by atoms with E-state index in [1.807, 2.05) is 0 Å². The largest absolute Gasteiger partial charge is 0.444 e. The van der Waals surface area contributed by atoms with Crippen LogP contribution in [0.4, 0.5) is 4.79 Å². The van der Waals surface area contributed by atoms with E-state index in [1.54, 1.807) is 20.8 Å². The highest BCUT2D eigenvalue weighted by Crippen LogP contribution is 2.06. The first kappa shape index (κ1) is 13.9. The Morgan fingerprint density at radius 2 is 1.87 bits per heavy atom. The van der Waals surface area contributed by atoms with E-state index in [9.17, 15) is 9.59 Å². The molecule has 0 aromatic heterocycles. The molecule has 1 amide bonds. The zero-order valence-electron chi connectivity index (χ0n) is 9.92. The van der Waals surface area contributed by atoms with Gasteiger partial charge in [0.25, 0.3) is 0 Å². The number of amides is 1. The lowest BCUT2D eigenvalue weighted by Gasteiger charge is -2.22. The van der Waals surface area contributed by atoms with Crippen molar-refractivity contribution >= 4 is 11.9 Å². The third-order valence-electron chi connectivity index (χ3n) is 1.52. The summed E-state index contributed by atoms with van der Waals surface area (Å²) >= 11 is 0. The Morgan fingerprint density at radius 3 is 2.20 bits per heavy atom. The summed E-state index contributed by atoms with van der Waals surface area (Å²) in [6, 6.07) is -0.648. The number of ether oxygens (including phenoxy) is 2. The second-order valence-electron chi connectivity index (χ2n) is 4.26. The van der Waals surface area contributed by atoms with Crippen LogP contribution in [-0.2, 0) is 14.3 Å². The number of rotatable bonds is 4. The molecule has 0 rings (SSSR count). The Kier molecular flexibility index (Phi) is 5.28. The molecule has 15 heavy (non-hydrogen) atoms. The van der Waals surface area contributed by atoms with Crippen LogP contribution < -0.4 is 5.32 Å². The Morgan fingerprint density at radius 1 is 1.33 bits per heavy atom. The van der Waals surface area contributed by atoms with E-state index < -0.39 is 17.7 Å². The van der Waals surface area contributed by atoms with Crippen molar-refractivity contribution in [2.45, 2.75) is 39.3 Å². The van der Waals surface area contributed by atoms with Crippen molar-refractivity contribution in [3.63, 3.8) is 0 Å². The van der Waals surface area contributed by atoms with Crippen LogP contribution in [0.25, 0.3) is 0 Å². The topological polar surface area (TPSA) is 64.6 Å². The number of carbonyl (C=O) groups excluding carboxylic acids is 2. The first-order valence-electron chi connectivity index (χ1n) is 4.75. The standard InChI is InChI=1S/C10H19NO4/c1-7(12)8(6-14-5)11-9(13)15-10(2,3)4/h8H,6H2,1-5H3,(H,11,13)/t8-/m0/s1. The van der Waals surface area contributed by atoms with Gasteiger partial charge in [0.15, 0.2) is 5.78 Å². The van der Waals surface area contributed by atoms with Crippen molar-refractivity contribution < 1.29 is 19.1 Å². The Balaban J connectivity index is 4.18. The quantitative estimate of drug-likeness (QED) is 0.766. The molecule has 0 bridgehead atoms. The fraction of sp³-hybridized carbons (Fsp3) is 0.800. The smallest absolute Gasteiger partial charge is 0.408 e. The van der Waals surface area contributed by atoms with Gasteiger partial charge < -0.3 is 14.8 Å². The minimum atomic E-state index is -0.648. The Bertz CT molecular complexity index is 232. The van der Waals surface area contributed by atoms with E-state index in [1.165, 1.54) is 14.0 Å². The van der Waals surface area contributed by atoms with Gasteiger partial charge in [-0.15, -0.1) is 0 Å². The third-order valence-corrected chi connectivity index (χ3v) is 1.52. The van der Waals surface area contributed by atoms with Gasteiger partial charge in [-0.25, -0.2) is 4.79 Å². The molecule has 0 aliphatic heterocycles. The maximum atomic E-state index is 11.3. The van der Waals surface area contributed by atoms with Crippen LogP contribution in [0.2, 0.25) is 0 Å². The average molecular weight is 217 g/mol. The average Bonchev–Trinajstić information content (AvgIpc) is 1.99. The third kappa shape index (κ3) is 6.90. The van der Waals surface area contributed by atoms with Crippen molar-refractivity contribution in [2.75, 3.05) is 13.7 Å². The lowest BCUT2D eigenvalue weighted by molar-refractivity contribution is -0.120. The molecule has 0 aliphatic rings. The SMILES string of the molecule is COC[C@H](NC(=O)OC(C)(C)C)C(C)=O. The molecule has 5 heteroatoms. The molecule has 5 nitrogen and oxygen atoms in total. The normalized spacial score (nSPS) is 13.1. The van der Waals surface area contributed by atoms with Crippen molar-refractivity contribution in [2.24, 2.45) is 0 Å². The number of methoxy groups -OCH3 is 1. The molecule has 0 heterocycles. The first-order chi connectivity index (χ1) is 6.76. The van der Waals surface area contributed by atoms with Crippen LogP contribution in [-0.4, -0.2) is 37.2 Å². The molecule has 0 spiro atoms. The van der Waals surface area contributed by atoms with Gasteiger partial charge in [0.05, 0.1) is 6.61 Å². The van der Waals surface area contributed by atoms with Crippen LogP contribution in [0.3, 0.4) is 0 Å². The molecule has 0 aromatic carbocycles. The summed E-state index contributed by atoms with van der Waals surface area (Å²) in [5, 5.41) is 2.44. The molecule has 0 saturated carbocycles. The number of nitrogens with one attached hydrogen (secondary N) is 1. The number of ketones is 1. The van der Waals surface area contributed by atoms with Gasteiger partial charge >= 0.3 is 6.09 Å². The van der Waals surface area contributed by atoms with E-state index in [0.717, 1.165) is 0 Å². The van der Waals surface area contributed by atoms with E-state index >= 15 is 0 Å². The molecule has 1 N–H and O–H groups in total. The number of Topliss-reactive ketones (excluding diaryl/α,β-unsaturated/α-hetero) is 1. The van der Waals surface area contributed by atoms with Crippen LogP contribution in [0.15, 0.2) is 0 Å². The Labute approximate surface area is 90.1 Å². The molecule has 1 atom stereocenters. The molecule has 0 aromatic rings. The Hall–Kier alpha value is -1.10. The number of hydrogen-bond acceptors (Lipinski definition) is 4. The molecule has 0 aliphatic carbocycles. The summed E-state index contributed by atoms with van der Waals surface area (Å²) in [5.41, 5.74) is -0.571. The van der Waals surface area contributed by atoms with Gasteiger partial charge in [-0.3, -0.25) is 4.79 Å². The molecule has 0 saturated heterocycles. The summed E-state index contributed by atoms with van der Waals surface area (Å²) in [4.78, 5) is 22.4. The highest BCUT2D eigenvalue weighted by molar-refractivity contribution is 5.85. The monoisotopic (exact) mass is 217 g/mol. The van der Waals surface area contributed by atoms with Crippen LogP contribution in [0.1, 0.15) is 27.7 Å². The molecule has 0 radical (unpaired) electrons. The summed E-state index contributed by atoms with van der Waals surface area (Å²) < 4.78 is 9.81. The van der Waals surface area contributed by atoms with E-state index in [-0.39, 0.29) is 12.4 Å². The van der Waals surface area contributed by atoms with E-state index in [2.05, 4.69) is 5.32 Å². The first-order valence-corrected chi connectivity index (χ1v) is 4.75. The van der Waals surface area contributed by atoms with Crippen LogP contribution in [0, 0.1) is 0 Å². The molecule has 0 fully saturated rings. The van der Waals surface area contributed by atoms with Gasteiger partial charge in [0.2, 0.25) is 0 Å². The zero-order valence-corrected chi connectivity index (χ0v) is 9.92. The highest BCUT2D eigenvalue weighted by Gasteiger charge is 2.21. The second-order valence-corrected chi connectivity index (χ2v) is 4.26. The van der Waals surface area contributed by atoms with Gasteiger partial charge in [-0.2, -0.15) is 0 Å². The molecule has 88 valence electrons. The maximum Gasteiger partial charge on any atom is 0.408 e.